The third-order valence-electron chi connectivity index (χ3n) is 1.59. The summed E-state index contributed by atoms with van der Waals surface area (Å²) in [6, 6.07) is 0. The molecule has 0 fully saturated rings. The summed E-state index contributed by atoms with van der Waals surface area (Å²) >= 11 is 0. The van der Waals surface area contributed by atoms with Gasteiger partial charge in [0.25, 0.3) is 0 Å². The first-order chi connectivity index (χ1) is 6.35. The first-order valence-electron chi connectivity index (χ1n) is 3.75. The van der Waals surface area contributed by atoms with Crippen LogP contribution in [0.5, 0.6) is 0 Å². The van der Waals surface area contributed by atoms with Crippen LogP contribution in [0.2, 0.25) is 0 Å². The molecule has 0 saturated heterocycles. The van der Waals surface area contributed by atoms with Crippen LogP contribution in [-0.4, -0.2) is 50.1 Å². The number of hydrogen-bond donors (Lipinski definition) is 1. The van der Waals surface area contributed by atoms with Gasteiger partial charge in [-0.3, -0.25) is 0 Å². The third kappa shape index (κ3) is 1.83. The molecule has 1 aliphatic rings. The minimum absolute atomic E-state index is 0.107. The van der Waals surface area contributed by atoms with Crippen molar-refractivity contribution in [2.45, 2.75) is 0 Å². The summed E-state index contributed by atoms with van der Waals surface area (Å²) in [4.78, 5) is 15.0. The molecule has 0 bridgehead atoms. The van der Waals surface area contributed by atoms with Gasteiger partial charge in [-0.25, -0.2) is 18.2 Å². The Hall–Kier alpha value is -1.21. The fraction of sp³-hybridized carbons (Fsp3) is 0.429. The summed E-state index contributed by atoms with van der Waals surface area (Å²) in [7, 11) is -0.498. The van der Waals surface area contributed by atoms with Crippen molar-refractivity contribution in [3.63, 3.8) is 0 Å². The standard InChI is InChI=1S/C7H10N2O4S/c1-9(2)4-6-8-3-5(7(10)11)14(6,12)13/h3H,4H2,1-2H3,(H,10,11). The van der Waals surface area contributed by atoms with Gasteiger partial charge in [0.05, 0.1) is 12.7 Å². The molecule has 0 aliphatic carbocycles. The molecule has 1 N–H and O–H groups in total. The lowest BCUT2D eigenvalue weighted by Crippen LogP contribution is -2.28. The summed E-state index contributed by atoms with van der Waals surface area (Å²) in [5, 5.41) is 8.44. The van der Waals surface area contributed by atoms with E-state index in [1.807, 2.05) is 0 Å². The molecule has 78 valence electrons. The van der Waals surface area contributed by atoms with Gasteiger partial charge in [-0.05, 0) is 14.1 Å². The molecular weight excluding hydrogens is 208 g/mol. The Balaban J connectivity index is 2.98. The van der Waals surface area contributed by atoms with Crippen LogP contribution in [0.1, 0.15) is 0 Å². The minimum Gasteiger partial charge on any atom is -0.477 e. The summed E-state index contributed by atoms with van der Waals surface area (Å²) in [6.45, 7) is 0.107. The highest BCUT2D eigenvalue weighted by atomic mass is 32.2. The first kappa shape index (κ1) is 10.9. The number of aliphatic carboxylic acids is 1. The van der Waals surface area contributed by atoms with Crippen molar-refractivity contribution in [1.29, 1.82) is 0 Å². The summed E-state index contributed by atoms with van der Waals surface area (Å²) in [6.07, 6.45) is 0.872. The molecule has 0 radical (unpaired) electrons. The highest BCUT2D eigenvalue weighted by Crippen LogP contribution is 2.17. The zero-order valence-electron chi connectivity index (χ0n) is 7.76. The topological polar surface area (TPSA) is 87.0 Å². The fourth-order valence-electron chi connectivity index (χ4n) is 0.963. The average Bonchev–Trinajstić information content (AvgIpc) is 2.26. The number of carboxylic acids is 1. The summed E-state index contributed by atoms with van der Waals surface area (Å²) in [5.74, 6) is -1.47. The normalized spacial score (nSPS) is 19.4. The van der Waals surface area contributed by atoms with Crippen molar-refractivity contribution in [2.24, 2.45) is 4.99 Å². The fourth-order valence-corrected chi connectivity index (χ4v) is 2.26. The quantitative estimate of drug-likeness (QED) is 0.677. The Morgan fingerprint density at radius 2 is 2.14 bits per heavy atom. The van der Waals surface area contributed by atoms with Gasteiger partial charge >= 0.3 is 5.97 Å². The molecule has 0 atom stereocenters. The smallest absolute Gasteiger partial charge is 0.349 e. The maximum atomic E-state index is 11.5. The first-order valence-corrected chi connectivity index (χ1v) is 5.24. The third-order valence-corrected chi connectivity index (χ3v) is 3.30. The van der Waals surface area contributed by atoms with Gasteiger partial charge in [0, 0.05) is 0 Å². The van der Waals surface area contributed by atoms with Crippen LogP contribution in [-0.2, 0) is 14.6 Å². The van der Waals surface area contributed by atoms with Gasteiger partial charge in [-0.2, -0.15) is 0 Å². The van der Waals surface area contributed by atoms with Crippen molar-refractivity contribution in [2.75, 3.05) is 20.6 Å². The number of aliphatic imine (C=N–C) groups is 1. The van der Waals surface area contributed by atoms with Gasteiger partial charge in [0.2, 0.25) is 9.84 Å². The monoisotopic (exact) mass is 218 g/mol. The molecule has 1 heterocycles. The highest BCUT2D eigenvalue weighted by molar-refractivity contribution is 8.10. The molecule has 14 heavy (non-hydrogen) atoms. The Labute approximate surface area is 81.5 Å². The second kappa shape index (κ2) is 3.50. The van der Waals surface area contributed by atoms with Crippen LogP contribution < -0.4 is 0 Å². The number of rotatable bonds is 3. The molecule has 0 aromatic carbocycles. The lowest BCUT2D eigenvalue weighted by molar-refractivity contribution is -0.131. The predicted octanol–water partition coefficient (Wildman–Crippen LogP) is -0.699. The molecule has 0 saturated carbocycles. The van der Waals surface area contributed by atoms with Crippen LogP contribution in [0.15, 0.2) is 16.1 Å². The van der Waals surface area contributed by atoms with E-state index in [0.29, 0.717) is 0 Å². The Morgan fingerprint density at radius 1 is 1.57 bits per heavy atom. The zero-order chi connectivity index (χ0) is 10.9. The van der Waals surface area contributed by atoms with E-state index in [1.54, 1.807) is 19.0 Å². The number of sulfone groups is 1. The van der Waals surface area contributed by atoms with Gasteiger partial charge in [-0.15, -0.1) is 0 Å². The van der Waals surface area contributed by atoms with Crippen LogP contribution in [0.3, 0.4) is 0 Å². The Morgan fingerprint density at radius 3 is 2.50 bits per heavy atom. The van der Waals surface area contributed by atoms with E-state index in [0.717, 1.165) is 6.20 Å². The van der Waals surface area contributed by atoms with E-state index in [1.165, 1.54) is 0 Å². The maximum absolute atomic E-state index is 11.5. The van der Waals surface area contributed by atoms with E-state index in [4.69, 9.17) is 5.11 Å². The van der Waals surface area contributed by atoms with Crippen molar-refractivity contribution in [1.82, 2.24) is 4.90 Å². The lowest BCUT2D eigenvalue weighted by Gasteiger charge is -2.08. The predicted molar refractivity (Wildman–Crippen MR) is 50.6 cm³/mol. The van der Waals surface area contributed by atoms with Crippen molar-refractivity contribution < 1.29 is 18.3 Å². The van der Waals surface area contributed by atoms with E-state index in [-0.39, 0.29) is 11.6 Å². The number of carbonyl (C=O) groups is 1. The van der Waals surface area contributed by atoms with Gasteiger partial charge in [0.1, 0.15) is 0 Å². The van der Waals surface area contributed by atoms with Gasteiger partial charge in [-0.1, -0.05) is 0 Å². The van der Waals surface area contributed by atoms with E-state index >= 15 is 0 Å². The van der Waals surface area contributed by atoms with Crippen molar-refractivity contribution in [3.05, 3.63) is 11.1 Å². The molecular formula is C7H10N2O4S. The van der Waals surface area contributed by atoms with Gasteiger partial charge in [0.15, 0.2) is 9.95 Å². The van der Waals surface area contributed by atoms with Gasteiger partial charge < -0.3 is 10.0 Å². The van der Waals surface area contributed by atoms with E-state index in [2.05, 4.69) is 4.99 Å². The zero-order valence-corrected chi connectivity index (χ0v) is 8.58. The summed E-state index contributed by atoms with van der Waals surface area (Å²) in [5.41, 5.74) is 0. The number of carboxylic acid groups (broad SMARTS) is 1. The van der Waals surface area contributed by atoms with Crippen LogP contribution >= 0.6 is 0 Å². The van der Waals surface area contributed by atoms with Crippen LogP contribution in [0.25, 0.3) is 0 Å². The van der Waals surface area contributed by atoms with Crippen molar-refractivity contribution >= 4 is 20.9 Å². The Kier molecular flexibility index (Phi) is 2.72. The second-order valence-electron chi connectivity index (χ2n) is 3.06. The lowest BCUT2D eigenvalue weighted by atomic mass is 10.6. The molecule has 0 spiro atoms. The molecule has 0 aromatic heterocycles. The SMILES string of the molecule is CN(C)CC1=NC=C(C(=O)O)S1(=O)=O. The highest BCUT2D eigenvalue weighted by Gasteiger charge is 2.34. The average molecular weight is 218 g/mol. The molecule has 7 heteroatoms. The summed E-state index contributed by atoms with van der Waals surface area (Å²) < 4.78 is 22.9. The van der Waals surface area contributed by atoms with Crippen molar-refractivity contribution in [3.8, 4) is 0 Å². The van der Waals surface area contributed by atoms with Crippen LogP contribution in [0.4, 0.5) is 0 Å². The molecule has 6 nitrogen and oxygen atoms in total. The minimum atomic E-state index is -3.85. The Bertz CT molecular complexity index is 419. The molecule has 1 aliphatic heterocycles. The number of nitrogens with zero attached hydrogens (tertiary/aromatic N) is 2. The molecule has 1 rings (SSSR count). The maximum Gasteiger partial charge on any atom is 0.349 e. The molecule has 0 amide bonds. The van der Waals surface area contributed by atoms with Crippen LogP contribution in [0, 0.1) is 0 Å². The number of hydrogen-bond acceptors (Lipinski definition) is 5. The van der Waals surface area contributed by atoms with E-state index < -0.39 is 20.7 Å². The molecule has 0 aromatic rings. The second-order valence-corrected chi connectivity index (χ2v) is 4.98. The molecule has 0 unspecified atom stereocenters. The largest absolute Gasteiger partial charge is 0.477 e. The van der Waals surface area contributed by atoms with E-state index in [9.17, 15) is 13.2 Å².